The smallest absolute Gasteiger partial charge is 0.220 e. The lowest BCUT2D eigenvalue weighted by molar-refractivity contribution is -0.122. The van der Waals surface area contributed by atoms with E-state index in [2.05, 4.69) is 5.32 Å². The summed E-state index contributed by atoms with van der Waals surface area (Å²) in [4.78, 5) is 16.4. The molecule has 1 amide bonds. The molecular formula is C21H22N4O2. The molecule has 1 atom stereocenters. The Bertz CT molecular complexity index is 909. The first-order valence-electron chi connectivity index (χ1n) is 9.13. The molecule has 1 saturated heterocycles. The lowest BCUT2D eigenvalue weighted by atomic mass is 9.98. The maximum Gasteiger partial charge on any atom is 0.220 e. The predicted octanol–water partition coefficient (Wildman–Crippen LogP) is 3.00. The van der Waals surface area contributed by atoms with Gasteiger partial charge in [0.05, 0.1) is 13.7 Å². The normalized spacial score (nSPS) is 16.8. The third-order valence-electron chi connectivity index (χ3n) is 4.85. The molecule has 0 aliphatic carbocycles. The molecule has 1 unspecified atom stereocenters. The van der Waals surface area contributed by atoms with Crippen LogP contribution >= 0.6 is 0 Å². The van der Waals surface area contributed by atoms with Gasteiger partial charge in [0.2, 0.25) is 5.91 Å². The van der Waals surface area contributed by atoms with Crippen LogP contribution in [0.2, 0.25) is 0 Å². The SMILES string of the molecule is COc1ccc(Cn2nc(-c3ccccc3)nc2C2CCC(=O)NC2)cc1. The van der Waals surface area contributed by atoms with Crippen LogP contribution in [0.5, 0.6) is 5.75 Å². The number of carbonyl (C=O) groups excluding carboxylic acids is 1. The Labute approximate surface area is 158 Å². The molecule has 4 rings (SSSR count). The average molecular weight is 362 g/mol. The van der Waals surface area contributed by atoms with Crippen LogP contribution < -0.4 is 10.1 Å². The summed E-state index contributed by atoms with van der Waals surface area (Å²) in [6.45, 7) is 1.23. The van der Waals surface area contributed by atoms with Crippen molar-refractivity contribution in [2.24, 2.45) is 0 Å². The van der Waals surface area contributed by atoms with Gasteiger partial charge >= 0.3 is 0 Å². The van der Waals surface area contributed by atoms with Gasteiger partial charge in [-0.1, -0.05) is 42.5 Å². The number of methoxy groups -OCH3 is 1. The number of nitrogens with one attached hydrogen (secondary N) is 1. The van der Waals surface area contributed by atoms with E-state index in [1.807, 2.05) is 59.3 Å². The van der Waals surface area contributed by atoms with E-state index in [4.69, 9.17) is 14.8 Å². The van der Waals surface area contributed by atoms with Gasteiger partial charge < -0.3 is 10.1 Å². The second kappa shape index (κ2) is 7.61. The molecule has 3 aromatic rings. The van der Waals surface area contributed by atoms with Gasteiger partial charge in [-0.05, 0) is 24.1 Å². The highest BCUT2D eigenvalue weighted by atomic mass is 16.5. The molecule has 1 fully saturated rings. The first kappa shape index (κ1) is 17.3. The highest BCUT2D eigenvalue weighted by molar-refractivity contribution is 5.76. The lowest BCUT2D eigenvalue weighted by Gasteiger charge is -2.22. The predicted molar refractivity (Wildman–Crippen MR) is 103 cm³/mol. The van der Waals surface area contributed by atoms with Crippen molar-refractivity contribution in [1.29, 1.82) is 0 Å². The number of amides is 1. The Morgan fingerprint density at radius 3 is 2.59 bits per heavy atom. The molecular weight excluding hydrogens is 340 g/mol. The average Bonchev–Trinajstić information content (AvgIpc) is 3.13. The van der Waals surface area contributed by atoms with E-state index in [9.17, 15) is 4.79 Å². The maximum atomic E-state index is 11.5. The van der Waals surface area contributed by atoms with Crippen molar-refractivity contribution in [2.45, 2.75) is 25.3 Å². The Kier molecular flexibility index (Phi) is 4.87. The second-order valence-electron chi connectivity index (χ2n) is 6.71. The molecule has 6 heteroatoms. The first-order chi connectivity index (χ1) is 13.2. The molecule has 27 heavy (non-hydrogen) atoms. The zero-order chi connectivity index (χ0) is 18.6. The first-order valence-corrected chi connectivity index (χ1v) is 9.13. The van der Waals surface area contributed by atoms with Gasteiger partial charge in [-0.3, -0.25) is 4.79 Å². The number of carbonyl (C=O) groups is 1. The number of hydrogen-bond acceptors (Lipinski definition) is 4. The fourth-order valence-corrected chi connectivity index (χ4v) is 3.34. The van der Waals surface area contributed by atoms with Crippen molar-refractivity contribution in [2.75, 3.05) is 13.7 Å². The van der Waals surface area contributed by atoms with Crippen molar-refractivity contribution >= 4 is 5.91 Å². The van der Waals surface area contributed by atoms with Gasteiger partial charge in [0.15, 0.2) is 5.82 Å². The van der Waals surface area contributed by atoms with Crippen LogP contribution in [0.15, 0.2) is 54.6 Å². The summed E-state index contributed by atoms with van der Waals surface area (Å²) < 4.78 is 7.20. The standard InChI is InChI=1S/C21H22N4O2/c1-27-18-10-7-15(8-11-18)14-25-21(17-9-12-19(26)22-13-17)23-20(24-25)16-5-3-2-4-6-16/h2-8,10-11,17H,9,12-14H2,1H3,(H,22,26). The monoisotopic (exact) mass is 362 g/mol. The molecule has 0 saturated carbocycles. The van der Waals surface area contributed by atoms with Crippen LogP contribution in [-0.4, -0.2) is 34.3 Å². The van der Waals surface area contributed by atoms with E-state index in [1.54, 1.807) is 7.11 Å². The van der Waals surface area contributed by atoms with Gasteiger partial charge in [-0.2, -0.15) is 5.10 Å². The number of hydrogen-bond donors (Lipinski definition) is 1. The largest absolute Gasteiger partial charge is 0.497 e. The van der Waals surface area contributed by atoms with Crippen LogP contribution in [0.3, 0.4) is 0 Å². The molecule has 2 heterocycles. The van der Waals surface area contributed by atoms with E-state index in [-0.39, 0.29) is 11.8 Å². The van der Waals surface area contributed by atoms with E-state index >= 15 is 0 Å². The Morgan fingerprint density at radius 1 is 1.15 bits per heavy atom. The number of rotatable bonds is 5. The summed E-state index contributed by atoms with van der Waals surface area (Å²) in [5, 5.41) is 7.72. The minimum Gasteiger partial charge on any atom is -0.497 e. The van der Waals surface area contributed by atoms with E-state index in [1.165, 1.54) is 0 Å². The fraction of sp³-hybridized carbons (Fsp3) is 0.286. The van der Waals surface area contributed by atoms with Gasteiger partial charge in [0, 0.05) is 24.4 Å². The topological polar surface area (TPSA) is 69.0 Å². The highest BCUT2D eigenvalue weighted by Crippen LogP contribution is 2.26. The fourth-order valence-electron chi connectivity index (χ4n) is 3.34. The number of benzene rings is 2. The van der Waals surface area contributed by atoms with Crippen LogP contribution in [0.4, 0.5) is 0 Å². The molecule has 138 valence electrons. The Hall–Kier alpha value is -3.15. The van der Waals surface area contributed by atoms with Gasteiger partial charge in [0.1, 0.15) is 11.6 Å². The van der Waals surface area contributed by atoms with Gasteiger partial charge in [-0.15, -0.1) is 0 Å². The van der Waals surface area contributed by atoms with Crippen LogP contribution in [0, 0.1) is 0 Å². The number of ether oxygens (including phenoxy) is 1. The quantitative estimate of drug-likeness (QED) is 0.758. The molecule has 1 aliphatic rings. The van der Waals surface area contributed by atoms with Crippen molar-refractivity contribution in [1.82, 2.24) is 20.1 Å². The lowest BCUT2D eigenvalue weighted by Crippen LogP contribution is -2.35. The van der Waals surface area contributed by atoms with Crippen molar-refractivity contribution in [3.8, 4) is 17.1 Å². The third kappa shape index (κ3) is 3.84. The van der Waals surface area contributed by atoms with Gasteiger partial charge in [0.25, 0.3) is 0 Å². The van der Waals surface area contributed by atoms with Crippen LogP contribution in [0.1, 0.15) is 30.1 Å². The summed E-state index contributed by atoms with van der Waals surface area (Å²) in [5.41, 5.74) is 2.12. The summed E-state index contributed by atoms with van der Waals surface area (Å²) in [6.07, 6.45) is 1.32. The molecule has 6 nitrogen and oxygen atoms in total. The summed E-state index contributed by atoms with van der Waals surface area (Å²) in [7, 11) is 1.66. The summed E-state index contributed by atoms with van der Waals surface area (Å²) in [5.74, 6) is 2.75. The highest BCUT2D eigenvalue weighted by Gasteiger charge is 2.25. The van der Waals surface area contributed by atoms with E-state index in [0.29, 0.717) is 19.5 Å². The van der Waals surface area contributed by atoms with Crippen LogP contribution in [-0.2, 0) is 11.3 Å². The van der Waals surface area contributed by atoms with E-state index in [0.717, 1.165) is 34.9 Å². The van der Waals surface area contributed by atoms with E-state index < -0.39 is 0 Å². The number of nitrogens with zero attached hydrogens (tertiary/aromatic N) is 3. The summed E-state index contributed by atoms with van der Waals surface area (Å²) in [6, 6.07) is 18.0. The van der Waals surface area contributed by atoms with Crippen LogP contribution in [0.25, 0.3) is 11.4 Å². The molecule has 2 aromatic carbocycles. The maximum absolute atomic E-state index is 11.5. The van der Waals surface area contributed by atoms with Crippen molar-refractivity contribution in [3.63, 3.8) is 0 Å². The van der Waals surface area contributed by atoms with Crippen molar-refractivity contribution < 1.29 is 9.53 Å². The Morgan fingerprint density at radius 2 is 1.93 bits per heavy atom. The minimum absolute atomic E-state index is 0.107. The molecule has 0 spiro atoms. The number of piperidine rings is 1. The minimum atomic E-state index is 0.107. The van der Waals surface area contributed by atoms with Gasteiger partial charge in [-0.25, -0.2) is 9.67 Å². The zero-order valence-corrected chi connectivity index (χ0v) is 15.3. The number of aromatic nitrogens is 3. The molecule has 1 aliphatic heterocycles. The Balaban J connectivity index is 1.66. The molecule has 1 N–H and O–H groups in total. The second-order valence-corrected chi connectivity index (χ2v) is 6.71. The molecule has 0 radical (unpaired) electrons. The third-order valence-corrected chi connectivity index (χ3v) is 4.85. The summed E-state index contributed by atoms with van der Waals surface area (Å²) >= 11 is 0. The van der Waals surface area contributed by atoms with Crippen molar-refractivity contribution in [3.05, 3.63) is 66.0 Å². The molecule has 1 aromatic heterocycles. The zero-order valence-electron chi connectivity index (χ0n) is 15.3. The molecule has 0 bridgehead atoms.